The molecule has 1 atom stereocenters. The molecule has 0 aliphatic rings. The number of aromatic nitrogens is 7. The Kier molecular flexibility index (Phi) is 4.64. The maximum atomic E-state index is 13.0. The van der Waals surface area contributed by atoms with Gasteiger partial charge in [0.1, 0.15) is 19.0 Å². The molecule has 2 heterocycles. The number of para-hydroxylation sites is 1. The highest BCUT2D eigenvalue weighted by atomic mass is 16.2. The first-order valence-electron chi connectivity index (χ1n) is 8.31. The van der Waals surface area contributed by atoms with Crippen molar-refractivity contribution in [2.75, 3.05) is 0 Å². The summed E-state index contributed by atoms with van der Waals surface area (Å²) < 4.78 is 3.10. The zero-order valence-corrected chi connectivity index (χ0v) is 14.3. The summed E-state index contributed by atoms with van der Waals surface area (Å²) in [4.78, 5) is 16.9. The molecule has 4 rings (SSSR count). The first kappa shape index (κ1) is 16.6. The van der Waals surface area contributed by atoms with Gasteiger partial charge in [-0.25, -0.2) is 14.3 Å². The molecule has 134 valence electrons. The van der Waals surface area contributed by atoms with Gasteiger partial charge in [-0.15, -0.1) is 5.10 Å². The van der Waals surface area contributed by atoms with E-state index in [1.165, 1.54) is 17.3 Å². The van der Waals surface area contributed by atoms with E-state index in [9.17, 15) is 4.79 Å². The maximum absolute atomic E-state index is 13.0. The molecule has 2 aromatic heterocycles. The summed E-state index contributed by atoms with van der Waals surface area (Å²) in [5.74, 6) is -0.207. The Morgan fingerprint density at radius 2 is 1.85 bits per heavy atom. The summed E-state index contributed by atoms with van der Waals surface area (Å²) in [7, 11) is 0. The standard InChI is InChI=1S/C18H16N8O/c27-18(17(26-13-21-23-24-26)14-6-2-1-3-7-14)20-10-15-8-4-5-9-16(15)25-12-19-11-22-25/h1-9,11-13,17H,10H2,(H,20,27)/t17-/m0/s1. The van der Waals surface area contributed by atoms with Crippen LogP contribution in [0.3, 0.4) is 0 Å². The lowest BCUT2D eigenvalue weighted by Gasteiger charge is -2.17. The number of amides is 1. The van der Waals surface area contributed by atoms with E-state index in [0.717, 1.165) is 16.8 Å². The molecule has 27 heavy (non-hydrogen) atoms. The van der Waals surface area contributed by atoms with Gasteiger partial charge < -0.3 is 5.32 Å². The molecule has 9 nitrogen and oxygen atoms in total. The fourth-order valence-corrected chi connectivity index (χ4v) is 2.84. The highest BCUT2D eigenvalue weighted by Crippen LogP contribution is 2.18. The van der Waals surface area contributed by atoms with Gasteiger partial charge in [0.15, 0.2) is 6.04 Å². The van der Waals surface area contributed by atoms with Crippen LogP contribution >= 0.6 is 0 Å². The molecular formula is C18H16N8O. The van der Waals surface area contributed by atoms with Crippen molar-refractivity contribution in [1.82, 2.24) is 40.3 Å². The van der Waals surface area contributed by atoms with Crippen molar-refractivity contribution in [2.24, 2.45) is 0 Å². The van der Waals surface area contributed by atoms with Crippen LogP contribution in [0, 0.1) is 0 Å². The van der Waals surface area contributed by atoms with Crippen molar-refractivity contribution < 1.29 is 4.79 Å². The topological polar surface area (TPSA) is 103 Å². The molecule has 1 N–H and O–H groups in total. The van der Waals surface area contributed by atoms with Gasteiger partial charge in [-0.05, 0) is 27.6 Å². The van der Waals surface area contributed by atoms with E-state index in [2.05, 4.69) is 30.9 Å². The molecule has 1 amide bonds. The molecule has 0 aliphatic carbocycles. The monoisotopic (exact) mass is 360 g/mol. The van der Waals surface area contributed by atoms with Crippen LogP contribution in [-0.4, -0.2) is 40.9 Å². The second-order valence-corrected chi connectivity index (χ2v) is 5.79. The molecule has 0 saturated heterocycles. The van der Waals surface area contributed by atoms with Gasteiger partial charge >= 0.3 is 0 Å². The van der Waals surface area contributed by atoms with Crippen molar-refractivity contribution in [1.29, 1.82) is 0 Å². The van der Waals surface area contributed by atoms with Crippen LogP contribution in [-0.2, 0) is 11.3 Å². The zero-order chi connectivity index (χ0) is 18.5. The third-order valence-electron chi connectivity index (χ3n) is 4.10. The Morgan fingerprint density at radius 3 is 2.59 bits per heavy atom. The lowest BCUT2D eigenvalue weighted by Crippen LogP contribution is -2.33. The second kappa shape index (κ2) is 7.56. The van der Waals surface area contributed by atoms with Gasteiger partial charge in [-0.2, -0.15) is 5.10 Å². The zero-order valence-electron chi connectivity index (χ0n) is 14.3. The maximum Gasteiger partial charge on any atom is 0.249 e. The molecule has 2 aromatic carbocycles. The third kappa shape index (κ3) is 3.56. The number of tetrazole rings is 1. The number of hydrogen-bond donors (Lipinski definition) is 1. The molecule has 0 fully saturated rings. The lowest BCUT2D eigenvalue weighted by atomic mass is 10.1. The van der Waals surface area contributed by atoms with E-state index in [0.29, 0.717) is 6.54 Å². The Hall–Kier alpha value is -3.88. The number of nitrogens with one attached hydrogen (secondary N) is 1. The van der Waals surface area contributed by atoms with Gasteiger partial charge in [-0.3, -0.25) is 4.79 Å². The number of benzene rings is 2. The minimum Gasteiger partial charge on any atom is -0.350 e. The molecule has 0 spiro atoms. The van der Waals surface area contributed by atoms with Crippen LogP contribution < -0.4 is 5.32 Å². The van der Waals surface area contributed by atoms with Crippen LogP contribution in [0.5, 0.6) is 0 Å². The molecule has 0 aliphatic heterocycles. The Morgan fingerprint density at radius 1 is 1.04 bits per heavy atom. The summed E-state index contributed by atoms with van der Waals surface area (Å²) >= 11 is 0. The van der Waals surface area contributed by atoms with Crippen LogP contribution in [0.2, 0.25) is 0 Å². The first-order valence-corrected chi connectivity index (χ1v) is 8.31. The lowest BCUT2D eigenvalue weighted by molar-refractivity contribution is -0.123. The number of carbonyl (C=O) groups excluding carboxylic acids is 1. The van der Waals surface area contributed by atoms with E-state index >= 15 is 0 Å². The Balaban J connectivity index is 1.57. The molecule has 0 radical (unpaired) electrons. The van der Waals surface area contributed by atoms with E-state index < -0.39 is 6.04 Å². The predicted molar refractivity (Wildman–Crippen MR) is 95.6 cm³/mol. The molecule has 0 unspecified atom stereocenters. The number of carbonyl (C=O) groups is 1. The normalized spacial score (nSPS) is 11.9. The molecule has 0 bridgehead atoms. The predicted octanol–water partition coefficient (Wildman–Crippen LogP) is 1.16. The van der Waals surface area contributed by atoms with Crippen molar-refractivity contribution in [3.63, 3.8) is 0 Å². The van der Waals surface area contributed by atoms with Crippen molar-refractivity contribution in [3.05, 3.63) is 84.7 Å². The number of rotatable bonds is 6. The van der Waals surface area contributed by atoms with Crippen molar-refractivity contribution in [2.45, 2.75) is 12.6 Å². The van der Waals surface area contributed by atoms with Crippen LogP contribution in [0.15, 0.2) is 73.6 Å². The van der Waals surface area contributed by atoms with Gasteiger partial charge in [0.25, 0.3) is 0 Å². The summed E-state index contributed by atoms with van der Waals surface area (Å²) in [5, 5.41) is 18.3. The van der Waals surface area contributed by atoms with Gasteiger partial charge in [-0.1, -0.05) is 48.5 Å². The number of hydrogen-bond acceptors (Lipinski definition) is 6. The van der Waals surface area contributed by atoms with Crippen molar-refractivity contribution >= 4 is 5.91 Å². The molecule has 0 saturated carbocycles. The number of nitrogens with zero attached hydrogens (tertiary/aromatic N) is 7. The Labute approximate surface area is 154 Å². The van der Waals surface area contributed by atoms with Gasteiger partial charge in [0, 0.05) is 6.54 Å². The van der Waals surface area contributed by atoms with Crippen LogP contribution in [0.4, 0.5) is 0 Å². The summed E-state index contributed by atoms with van der Waals surface area (Å²) in [6.07, 6.45) is 4.52. The largest absolute Gasteiger partial charge is 0.350 e. The average molecular weight is 360 g/mol. The third-order valence-corrected chi connectivity index (χ3v) is 4.10. The minimum absolute atomic E-state index is 0.207. The van der Waals surface area contributed by atoms with Crippen LogP contribution in [0.25, 0.3) is 5.69 Å². The Bertz CT molecular complexity index is 999. The summed E-state index contributed by atoms with van der Waals surface area (Å²) in [5.41, 5.74) is 2.57. The fraction of sp³-hybridized carbons (Fsp3) is 0.111. The molecule has 9 heteroatoms. The van der Waals surface area contributed by atoms with E-state index in [1.807, 2.05) is 54.6 Å². The van der Waals surface area contributed by atoms with E-state index in [4.69, 9.17) is 0 Å². The van der Waals surface area contributed by atoms with Crippen LogP contribution in [0.1, 0.15) is 17.2 Å². The molecular weight excluding hydrogens is 344 g/mol. The van der Waals surface area contributed by atoms with Crippen molar-refractivity contribution in [3.8, 4) is 5.69 Å². The van der Waals surface area contributed by atoms with Gasteiger partial charge in [0.2, 0.25) is 5.91 Å². The fourth-order valence-electron chi connectivity index (χ4n) is 2.84. The summed E-state index contributed by atoms with van der Waals surface area (Å²) in [6, 6.07) is 16.4. The van der Waals surface area contributed by atoms with E-state index in [-0.39, 0.29) is 5.91 Å². The highest BCUT2D eigenvalue weighted by Gasteiger charge is 2.23. The quantitative estimate of drug-likeness (QED) is 0.553. The van der Waals surface area contributed by atoms with Gasteiger partial charge in [0.05, 0.1) is 5.69 Å². The SMILES string of the molecule is O=C(NCc1ccccc1-n1cncn1)[C@H](c1ccccc1)n1cnnn1. The highest BCUT2D eigenvalue weighted by molar-refractivity contribution is 5.83. The second-order valence-electron chi connectivity index (χ2n) is 5.79. The van der Waals surface area contributed by atoms with E-state index in [1.54, 1.807) is 11.0 Å². The minimum atomic E-state index is -0.653. The first-order chi connectivity index (χ1) is 13.3. The smallest absolute Gasteiger partial charge is 0.249 e. The summed E-state index contributed by atoms with van der Waals surface area (Å²) in [6.45, 7) is 0.334. The molecule has 4 aromatic rings. The average Bonchev–Trinajstić information content (AvgIpc) is 3.42.